The van der Waals surface area contributed by atoms with Gasteiger partial charge in [-0.2, -0.15) is 0 Å². The molecule has 0 spiro atoms. The van der Waals surface area contributed by atoms with E-state index < -0.39 is 0 Å². The lowest BCUT2D eigenvalue weighted by atomic mass is 9.87. The van der Waals surface area contributed by atoms with Crippen LogP contribution in [0.25, 0.3) is 0 Å². The predicted molar refractivity (Wildman–Crippen MR) is 106 cm³/mol. The summed E-state index contributed by atoms with van der Waals surface area (Å²) in [5.74, 6) is -0.00194. The highest BCUT2D eigenvalue weighted by atomic mass is 79.9. The molecule has 2 aromatic rings. The van der Waals surface area contributed by atoms with E-state index in [1.54, 1.807) is 6.07 Å². The molecule has 1 aliphatic rings. The van der Waals surface area contributed by atoms with Gasteiger partial charge in [0.25, 0.3) is 0 Å². The van der Waals surface area contributed by atoms with Crippen LogP contribution in [0, 0.1) is 0 Å². The Hall–Kier alpha value is -1.30. The molecular weight excluding hydrogens is 434 g/mol. The van der Waals surface area contributed by atoms with Gasteiger partial charge in [-0.05, 0) is 45.1 Å². The summed E-state index contributed by atoms with van der Waals surface area (Å²) >= 11 is 3.46. The molecule has 0 aromatic heterocycles. The topological polar surface area (TPSA) is 43.7 Å². The molecule has 128 valence electrons. The zero-order valence-electron chi connectivity index (χ0n) is 13.3. The van der Waals surface area contributed by atoms with Crippen LogP contribution in [0.1, 0.15) is 22.6 Å². The Balaban J connectivity index is 0.00000208. The summed E-state index contributed by atoms with van der Waals surface area (Å²) in [4.78, 5) is 2.35. The van der Waals surface area contributed by atoms with Crippen LogP contribution >= 0.6 is 32.9 Å². The smallest absolute Gasteiger partial charge is 0.172 e. The molecular formula is C19H21Br2NO2. The van der Waals surface area contributed by atoms with E-state index in [9.17, 15) is 10.2 Å². The summed E-state index contributed by atoms with van der Waals surface area (Å²) < 4.78 is 0.605. The van der Waals surface area contributed by atoms with Gasteiger partial charge in [-0.15, -0.1) is 23.6 Å². The van der Waals surface area contributed by atoms with Crippen molar-refractivity contribution in [2.75, 3.05) is 19.6 Å². The standard InChI is InChI=1S/C19H20BrNO2.BrH/c1-2-9-21-10-8-14-15(11-17(22)19(23)18(14)20)16(12-21)13-6-4-3-5-7-13;/h2-7,11,16,22-23H,1,8-10,12H2;1H. The fourth-order valence-electron chi connectivity index (χ4n) is 3.29. The summed E-state index contributed by atoms with van der Waals surface area (Å²) in [7, 11) is 0. The highest BCUT2D eigenvalue weighted by Crippen LogP contribution is 2.43. The molecule has 0 fully saturated rings. The van der Waals surface area contributed by atoms with E-state index in [1.807, 2.05) is 24.3 Å². The zero-order valence-corrected chi connectivity index (χ0v) is 16.6. The first kappa shape index (κ1) is 19.0. The zero-order chi connectivity index (χ0) is 16.4. The summed E-state index contributed by atoms with van der Waals surface area (Å²) in [6, 6.07) is 12.0. The number of nitrogens with zero attached hydrogens (tertiary/aromatic N) is 1. The maximum absolute atomic E-state index is 10.1. The Bertz CT molecular complexity index is 719. The van der Waals surface area contributed by atoms with Crippen LogP contribution < -0.4 is 0 Å². The first-order chi connectivity index (χ1) is 11.1. The lowest BCUT2D eigenvalue weighted by Crippen LogP contribution is -2.28. The SMILES string of the molecule is Br.C=CCN1CCc2c(cc(O)c(O)c2Br)C(c2ccccc2)C1. The molecule has 0 saturated carbocycles. The minimum atomic E-state index is -0.0762. The van der Waals surface area contributed by atoms with Gasteiger partial charge in [-0.3, -0.25) is 4.90 Å². The van der Waals surface area contributed by atoms with Crippen molar-refractivity contribution < 1.29 is 10.2 Å². The molecule has 3 nitrogen and oxygen atoms in total. The molecule has 3 rings (SSSR count). The van der Waals surface area contributed by atoms with Crippen LogP contribution in [-0.2, 0) is 6.42 Å². The number of benzene rings is 2. The van der Waals surface area contributed by atoms with Crippen LogP contribution in [0.5, 0.6) is 11.5 Å². The van der Waals surface area contributed by atoms with E-state index in [1.165, 1.54) is 5.56 Å². The number of phenolic OH excluding ortho intramolecular Hbond substituents is 2. The third-order valence-corrected chi connectivity index (χ3v) is 5.29. The van der Waals surface area contributed by atoms with Gasteiger partial charge in [0.05, 0.1) is 4.47 Å². The number of hydrogen-bond donors (Lipinski definition) is 2. The van der Waals surface area contributed by atoms with Crippen molar-refractivity contribution in [1.82, 2.24) is 4.90 Å². The molecule has 1 unspecified atom stereocenters. The quantitative estimate of drug-likeness (QED) is 0.525. The molecule has 1 atom stereocenters. The van der Waals surface area contributed by atoms with Gasteiger partial charge in [0, 0.05) is 25.6 Å². The molecule has 1 aliphatic heterocycles. The average molecular weight is 455 g/mol. The van der Waals surface area contributed by atoms with E-state index in [-0.39, 0.29) is 34.4 Å². The second kappa shape index (κ2) is 8.19. The molecule has 2 N–H and O–H groups in total. The summed E-state index contributed by atoms with van der Waals surface area (Å²) in [6.07, 6.45) is 2.74. The van der Waals surface area contributed by atoms with Crippen molar-refractivity contribution in [3.63, 3.8) is 0 Å². The van der Waals surface area contributed by atoms with Gasteiger partial charge >= 0.3 is 0 Å². The van der Waals surface area contributed by atoms with Crippen LogP contribution in [-0.4, -0.2) is 34.7 Å². The Morgan fingerprint density at radius 2 is 1.96 bits per heavy atom. The molecule has 0 aliphatic carbocycles. The van der Waals surface area contributed by atoms with Crippen LogP contribution in [0.3, 0.4) is 0 Å². The van der Waals surface area contributed by atoms with Crippen molar-refractivity contribution in [2.45, 2.75) is 12.3 Å². The molecule has 0 bridgehead atoms. The molecule has 0 radical (unpaired) electrons. The van der Waals surface area contributed by atoms with Crippen LogP contribution in [0.4, 0.5) is 0 Å². The van der Waals surface area contributed by atoms with Crippen molar-refractivity contribution in [2.24, 2.45) is 0 Å². The minimum Gasteiger partial charge on any atom is -0.504 e. The molecule has 2 aromatic carbocycles. The van der Waals surface area contributed by atoms with Gasteiger partial charge < -0.3 is 10.2 Å². The largest absolute Gasteiger partial charge is 0.504 e. The summed E-state index contributed by atoms with van der Waals surface area (Å²) in [5, 5.41) is 20.1. The predicted octanol–water partition coefficient (Wildman–Crippen LogP) is 4.61. The second-order valence-electron chi connectivity index (χ2n) is 5.89. The van der Waals surface area contributed by atoms with Gasteiger partial charge in [0.15, 0.2) is 11.5 Å². The maximum atomic E-state index is 10.1. The van der Waals surface area contributed by atoms with Crippen LogP contribution in [0.15, 0.2) is 53.5 Å². The number of halogens is 2. The van der Waals surface area contributed by atoms with Gasteiger partial charge in [-0.25, -0.2) is 0 Å². The van der Waals surface area contributed by atoms with Gasteiger partial charge in [0.2, 0.25) is 0 Å². The minimum absolute atomic E-state index is 0. The Morgan fingerprint density at radius 3 is 2.62 bits per heavy atom. The Labute approximate surface area is 161 Å². The lowest BCUT2D eigenvalue weighted by Gasteiger charge is -2.24. The third-order valence-electron chi connectivity index (χ3n) is 4.44. The summed E-state index contributed by atoms with van der Waals surface area (Å²) in [6.45, 7) is 6.43. The number of fused-ring (bicyclic) bond motifs is 1. The Kier molecular flexibility index (Phi) is 6.49. The molecule has 1 heterocycles. The molecule has 5 heteroatoms. The molecule has 0 saturated heterocycles. The van der Waals surface area contributed by atoms with E-state index in [4.69, 9.17) is 0 Å². The van der Waals surface area contributed by atoms with Crippen molar-refractivity contribution >= 4 is 32.9 Å². The number of aromatic hydroxyl groups is 2. The molecule has 0 amide bonds. The van der Waals surface area contributed by atoms with Gasteiger partial charge in [-0.1, -0.05) is 36.4 Å². The Morgan fingerprint density at radius 1 is 1.25 bits per heavy atom. The van der Waals surface area contributed by atoms with E-state index >= 15 is 0 Å². The second-order valence-corrected chi connectivity index (χ2v) is 6.68. The van der Waals surface area contributed by atoms with Crippen molar-refractivity contribution in [1.29, 1.82) is 0 Å². The average Bonchev–Trinajstić information content (AvgIpc) is 2.74. The van der Waals surface area contributed by atoms with Gasteiger partial charge in [0.1, 0.15) is 0 Å². The fraction of sp³-hybridized carbons (Fsp3) is 0.263. The van der Waals surface area contributed by atoms with Crippen molar-refractivity contribution in [3.8, 4) is 11.5 Å². The first-order valence-corrected chi connectivity index (χ1v) is 8.52. The number of hydrogen-bond acceptors (Lipinski definition) is 3. The lowest BCUT2D eigenvalue weighted by molar-refractivity contribution is 0.306. The first-order valence-electron chi connectivity index (χ1n) is 7.73. The highest BCUT2D eigenvalue weighted by molar-refractivity contribution is 9.10. The van der Waals surface area contributed by atoms with E-state index in [0.29, 0.717) is 4.47 Å². The summed E-state index contributed by atoms with van der Waals surface area (Å²) in [5.41, 5.74) is 3.35. The van der Waals surface area contributed by atoms with E-state index in [0.717, 1.165) is 37.2 Å². The fourth-order valence-corrected chi connectivity index (χ4v) is 3.92. The normalized spacial score (nSPS) is 17.5. The maximum Gasteiger partial charge on any atom is 0.172 e. The van der Waals surface area contributed by atoms with Crippen LogP contribution in [0.2, 0.25) is 0 Å². The number of rotatable bonds is 3. The third kappa shape index (κ3) is 3.68. The highest BCUT2D eigenvalue weighted by Gasteiger charge is 2.27. The van der Waals surface area contributed by atoms with E-state index in [2.05, 4.69) is 39.5 Å². The van der Waals surface area contributed by atoms with Crippen molar-refractivity contribution in [3.05, 3.63) is 70.2 Å². The molecule has 24 heavy (non-hydrogen) atoms. The monoisotopic (exact) mass is 453 g/mol. The number of phenols is 2.